The number of hydrogen-bond acceptors (Lipinski definition) is 4. The maximum atomic E-state index is 13.7. The average molecular weight is 458 g/mol. The van der Waals surface area contributed by atoms with Crippen molar-refractivity contribution < 1.29 is 19.1 Å². The minimum atomic E-state index is -0.490. The van der Waals surface area contributed by atoms with Crippen LogP contribution in [0.25, 0.3) is 0 Å². The summed E-state index contributed by atoms with van der Waals surface area (Å²) < 4.78 is 14.7. The molecular weight excluding hydrogens is 438 g/mol. The molecule has 0 aromatic heterocycles. The molecule has 5 nitrogen and oxygen atoms in total. The molecule has 1 unspecified atom stereocenters. The zero-order valence-corrected chi connectivity index (χ0v) is 16.1. The fourth-order valence-corrected chi connectivity index (χ4v) is 2.83. The number of benzene rings is 2. The summed E-state index contributed by atoms with van der Waals surface area (Å²) in [5.74, 6) is -0.938. The molecule has 0 aliphatic carbocycles. The molecule has 0 fully saturated rings. The number of hydroxylamine groups is 1. The van der Waals surface area contributed by atoms with Crippen LogP contribution in [0.5, 0.6) is 0 Å². The monoisotopic (exact) mass is 458 g/mol. The van der Waals surface area contributed by atoms with Crippen LogP contribution >= 0.6 is 22.6 Å². The molecule has 0 spiro atoms. The van der Waals surface area contributed by atoms with Crippen LogP contribution < -0.4 is 10.8 Å². The quantitative estimate of drug-likeness (QED) is 0.435. The molecule has 2 aromatic rings. The molecule has 2 aromatic carbocycles. The van der Waals surface area contributed by atoms with E-state index in [0.29, 0.717) is 12.1 Å². The number of rotatable bonds is 7. The number of aliphatic hydroxyl groups excluding tert-OH is 1. The third-order valence-electron chi connectivity index (χ3n) is 3.57. The van der Waals surface area contributed by atoms with Gasteiger partial charge in [-0.15, -0.1) is 0 Å². The summed E-state index contributed by atoms with van der Waals surface area (Å²) in [7, 11) is 0. The molecule has 0 radical (unpaired) electrons. The third-order valence-corrected chi connectivity index (χ3v) is 4.24. The van der Waals surface area contributed by atoms with Crippen molar-refractivity contribution in [2.75, 3.05) is 11.9 Å². The normalized spacial score (nSPS) is 11.9. The number of aliphatic hydroxyl groups is 1. The first-order chi connectivity index (χ1) is 11.9. The Morgan fingerprint density at radius 3 is 2.72 bits per heavy atom. The van der Waals surface area contributed by atoms with Crippen molar-refractivity contribution in [3.05, 3.63) is 56.9 Å². The highest BCUT2D eigenvalue weighted by atomic mass is 127. The van der Waals surface area contributed by atoms with Crippen LogP contribution in [-0.4, -0.2) is 23.7 Å². The molecule has 0 aliphatic rings. The third kappa shape index (κ3) is 5.65. The van der Waals surface area contributed by atoms with E-state index in [1.54, 1.807) is 6.92 Å². The van der Waals surface area contributed by atoms with Crippen molar-refractivity contribution in [3.8, 4) is 0 Å². The molecule has 0 saturated carbocycles. The van der Waals surface area contributed by atoms with Gasteiger partial charge in [0.15, 0.2) is 0 Å². The predicted molar refractivity (Wildman–Crippen MR) is 103 cm³/mol. The smallest absolute Gasteiger partial charge is 0.276 e. The first-order valence-corrected chi connectivity index (χ1v) is 8.88. The Bertz CT molecular complexity index is 755. The minimum Gasteiger partial charge on any atom is -0.396 e. The van der Waals surface area contributed by atoms with E-state index < -0.39 is 11.7 Å². The maximum absolute atomic E-state index is 13.7. The lowest BCUT2D eigenvalue weighted by Crippen LogP contribution is -2.29. The summed E-state index contributed by atoms with van der Waals surface area (Å²) >= 11 is 2.21. The predicted octanol–water partition coefficient (Wildman–Crippen LogP) is 3.91. The number of aryl methyl sites for hydroxylation is 1. The van der Waals surface area contributed by atoms with Crippen LogP contribution in [-0.2, 0) is 4.84 Å². The van der Waals surface area contributed by atoms with Crippen molar-refractivity contribution in [2.45, 2.75) is 26.4 Å². The fourth-order valence-electron chi connectivity index (χ4n) is 2.18. The molecule has 1 amide bonds. The van der Waals surface area contributed by atoms with Gasteiger partial charge in [0.2, 0.25) is 0 Å². The van der Waals surface area contributed by atoms with Crippen molar-refractivity contribution in [3.63, 3.8) is 0 Å². The van der Waals surface area contributed by atoms with Gasteiger partial charge < -0.3 is 10.4 Å². The van der Waals surface area contributed by atoms with Crippen molar-refractivity contribution >= 4 is 39.9 Å². The molecule has 0 bridgehead atoms. The first-order valence-electron chi connectivity index (χ1n) is 7.80. The number of carbonyl (C=O) groups is 1. The Balaban J connectivity index is 2.20. The van der Waals surface area contributed by atoms with E-state index >= 15 is 0 Å². The van der Waals surface area contributed by atoms with Gasteiger partial charge in [0, 0.05) is 15.9 Å². The molecule has 2 rings (SSSR count). The van der Waals surface area contributed by atoms with Gasteiger partial charge in [-0.05, 0) is 84.8 Å². The number of carbonyl (C=O) groups excluding carboxylic acids is 1. The Kier molecular flexibility index (Phi) is 7.15. The van der Waals surface area contributed by atoms with Gasteiger partial charge in [-0.2, -0.15) is 0 Å². The summed E-state index contributed by atoms with van der Waals surface area (Å²) in [4.78, 5) is 17.5. The van der Waals surface area contributed by atoms with E-state index in [-0.39, 0.29) is 18.3 Å². The van der Waals surface area contributed by atoms with E-state index in [1.165, 1.54) is 18.2 Å². The van der Waals surface area contributed by atoms with Crippen LogP contribution in [0.1, 0.15) is 29.3 Å². The van der Waals surface area contributed by atoms with Crippen molar-refractivity contribution in [1.82, 2.24) is 5.48 Å². The van der Waals surface area contributed by atoms with Crippen LogP contribution in [0.2, 0.25) is 0 Å². The second-order valence-corrected chi connectivity index (χ2v) is 6.89. The zero-order valence-electron chi connectivity index (χ0n) is 14.0. The van der Waals surface area contributed by atoms with Crippen molar-refractivity contribution in [1.29, 1.82) is 0 Å². The molecule has 0 aliphatic heterocycles. The zero-order chi connectivity index (χ0) is 18.4. The highest BCUT2D eigenvalue weighted by Gasteiger charge is 2.15. The summed E-state index contributed by atoms with van der Waals surface area (Å²) in [6, 6.07) is 9.68. The highest BCUT2D eigenvalue weighted by molar-refractivity contribution is 14.1. The van der Waals surface area contributed by atoms with Gasteiger partial charge in [-0.3, -0.25) is 9.63 Å². The second-order valence-electron chi connectivity index (χ2n) is 5.65. The van der Waals surface area contributed by atoms with E-state index in [2.05, 4.69) is 33.4 Å². The molecular formula is C18H20FIN2O3. The molecule has 1 atom stereocenters. The number of halogens is 2. The summed E-state index contributed by atoms with van der Waals surface area (Å²) in [5.41, 5.74) is 4.71. The number of anilines is 2. The number of nitrogens with one attached hydrogen (secondary N) is 2. The molecule has 0 heterocycles. The summed E-state index contributed by atoms with van der Waals surface area (Å²) in [6.45, 7) is 3.63. The topological polar surface area (TPSA) is 70.6 Å². The fraction of sp³-hybridized carbons (Fsp3) is 0.278. The van der Waals surface area contributed by atoms with E-state index in [0.717, 1.165) is 14.8 Å². The van der Waals surface area contributed by atoms with Crippen LogP contribution in [0.4, 0.5) is 15.8 Å². The maximum Gasteiger partial charge on any atom is 0.276 e. The van der Waals surface area contributed by atoms with Crippen LogP contribution in [0.15, 0.2) is 36.4 Å². The summed E-state index contributed by atoms with van der Waals surface area (Å²) in [5, 5.41) is 12.0. The van der Waals surface area contributed by atoms with E-state index in [1.807, 2.05) is 25.1 Å². The van der Waals surface area contributed by atoms with Gasteiger partial charge in [0.1, 0.15) is 5.82 Å². The van der Waals surface area contributed by atoms with Gasteiger partial charge >= 0.3 is 0 Å². The van der Waals surface area contributed by atoms with Crippen LogP contribution in [0.3, 0.4) is 0 Å². The lowest BCUT2D eigenvalue weighted by Gasteiger charge is -2.16. The number of hydrogen-bond donors (Lipinski definition) is 3. The molecule has 134 valence electrons. The Morgan fingerprint density at radius 1 is 1.28 bits per heavy atom. The van der Waals surface area contributed by atoms with Crippen LogP contribution in [0, 0.1) is 16.3 Å². The van der Waals surface area contributed by atoms with Gasteiger partial charge in [-0.1, -0.05) is 0 Å². The van der Waals surface area contributed by atoms with Gasteiger partial charge in [0.25, 0.3) is 5.91 Å². The second kappa shape index (κ2) is 9.12. The Hall–Kier alpha value is -1.71. The highest BCUT2D eigenvalue weighted by Crippen LogP contribution is 2.25. The van der Waals surface area contributed by atoms with E-state index in [4.69, 9.17) is 9.94 Å². The SMILES string of the molecule is Cc1cc(I)ccc1Nc1cc(F)ccc1C(=O)NOC(C)CCO. The Morgan fingerprint density at radius 2 is 2.04 bits per heavy atom. The Labute approximate surface area is 159 Å². The first kappa shape index (κ1) is 19.6. The van der Waals surface area contributed by atoms with Crippen molar-refractivity contribution in [2.24, 2.45) is 0 Å². The van der Waals surface area contributed by atoms with E-state index in [9.17, 15) is 9.18 Å². The molecule has 7 heteroatoms. The molecule has 25 heavy (non-hydrogen) atoms. The molecule has 0 saturated heterocycles. The number of amides is 1. The molecule has 3 N–H and O–H groups in total. The van der Waals surface area contributed by atoms with Gasteiger partial charge in [-0.25, -0.2) is 9.87 Å². The lowest BCUT2D eigenvalue weighted by atomic mass is 10.1. The standard InChI is InChI=1S/C18H20FIN2O3/c1-11-9-14(20)4-6-16(11)21-17-10-13(19)3-5-15(17)18(24)22-25-12(2)7-8-23/h3-6,9-10,12,21,23H,7-8H2,1-2H3,(H,22,24). The lowest BCUT2D eigenvalue weighted by molar-refractivity contribution is -0.0167. The summed E-state index contributed by atoms with van der Waals surface area (Å²) in [6.07, 6.45) is 0.0701. The average Bonchev–Trinajstić information content (AvgIpc) is 2.56. The largest absolute Gasteiger partial charge is 0.396 e. The van der Waals surface area contributed by atoms with Gasteiger partial charge in [0.05, 0.1) is 17.4 Å². The minimum absolute atomic E-state index is 0.0352.